The van der Waals surface area contributed by atoms with Gasteiger partial charge in [-0.25, -0.2) is 4.79 Å². The first-order valence-corrected chi connectivity index (χ1v) is 59.0. The van der Waals surface area contributed by atoms with E-state index in [1.54, 1.807) is 18.9 Å². The van der Waals surface area contributed by atoms with E-state index in [0.717, 1.165) is 196 Å². The number of carbonyl (C=O) groups excluding carboxylic acids is 7. The number of piperidine rings is 2. The average Bonchev–Trinajstić information content (AvgIpc) is 0.810. The largest absolute Gasteiger partial charge is 0.444 e. The molecule has 0 radical (unpaired) electrons. The third-order valence-corrected chi connectivity index (χ3v) is 34.8. The molecule has 3 N–H and O–H groups in total. The lowest BCUT2D eigenvalue weighted by molar-refractivity contribution is -0.141. The second-order valence-electron chi connectivity index (χ2n) is 51.2. The van der Waals surface area contributed by atoms with Gasteiger partial charge in [-0.2, -0.15) is 0 Å². The summed E-state index contributed by atoms with van der Waals surface area (Å²) in [5, 5.41) is 8.77. The van der Waals surface area contributed by atoms with Crippen LogP contribution >= 0.6 is 0 Å². The van der Waals surface area contributed by atoms with Crippen molar-refractivity contribution in [1.82, 2.24) is 35.6 Å². The zero-order valence-corrected chi connectivity index (χ0v) is 95.0. The summed E-state index contributed by atoms with van der Waals surface area (Å²) in [5.41, 5.74) is -0.480. The molecule has 13 rings (SSSR count). The number of piperazine rings is 1. The molecule has 10 aliphatic carbocycles. The first kappa shape index (κ1) is 124. The van der Waals surface area contributed by atoms with Crippen molar-refractivity contribution in [3.8, 4) is 0 Å². The van der Waals surface area contributed by atoms with Crippen molar-refractivity contribution in [2.45, 2.75) is 544 Å². The second-order valence-corrected chi connectivity index (χ2v) is 51.2. The van der Waals surface area contributed by atoms with E-state index >= 15 is 0 Å². The number of nitrogens with one attached hydrogen (secondary N) is 3. The summed E-state index contributed by atoms with van der Waals surface area (Å²) in [6.45, 7) is 64.8. The lowest BCUT2D eigenvalue weighted by Gasteiger charge is -2.42. The van der Waals surface area contributed by atoms with Gasteiger partial charge >= 0.3 is 6.09 Å². The standard InChI is InChI=1S/C18H32N2O3.C14H25NO.C13H23NO.2C13H26.C12H24.C11H21NO.2C9H17NO.C9H18/c1-13-6-8-15(9-7-13)16(21)20-11-10-19(12-14(20)2)17(22)23-18(3,4)5;1-11-6-8-13(9-7-11)14(16)15-10-4-3-5-12(15)2;1-11-5-7-12(8-6-11)13(15)14-9-3-2-4-10-14;2*1-10(2)9-12(4)13-7-5-11(3)6-8-13;1-10(2)4-7-12-8-5-11(3)6-9-12;1-8(2)11(13)12-10-6-4-9(3)5-7-10;1-7-3-5-8(6-4-7)9(11)10-2;1-7-3-5-9(6-4-7)10-8(2)11;1-3-9-6-4-8(2)5-7-9/h13-15H,6-12H2,1-5H3;11-13H,3-10H2,1-2H3;11-12H,2-10H2,1H3;2*10-13H,5-9H2,1-4H3;10-12H,4-9H2,1-3H3;8-10H,4-7H2,1-3H3,(H,12,13);7-8H,3-6H2,1-2H3,(H,10,11);7,9H,3-6H2,1-2H3,(H,10,11);8-9H,3-7H2,1-2H3/t13?,14-,15?;11?,12-,13?;;2*11?,12-,13?;;;;;/m11.10...../s1. The van der Waals surface area contributed by atoms with Crippen LogP contribution in [0, 0.1) is 142 Å². The first-order valence-electron chi connectivity index (χ1n) is 59.0. The number of nitrogens with zero attached hydrogens (tertiary/aromatic N) is 4. The normalized spacial score (nSPS) is 32.0. The van der Waals surface area contributed by atoms with Crippen LogP contribution in [0.15, 0.2) is 0 Å². The van der Waals surface area contributed by atoms with Crippen LogP contribution in [-0.2, 0) is 33.5 Å². The van der Waals surface area contributed by atoms with Crippen LogP contribution in [-0.4, -0.2) is 137 Å². The summed E-state index contributed by atoms with van der Waals surface area (Å²) in [4.78, 5) is 90.7. The van der Waals surface area contributed by atoms with Crippen LogP contribution in [0.3, 0.4) is 0 Å². The van der Waals surface area contributed by atoms with Crippen molar-refractivity contribution in [2.24, 2.45) is 142 Å². The van der Waals surface area contributed by atoms with Crippen molar-refractivity contribution < 1.29 is 38.3 Å². The van der Waals surface area contributed by atoms with E-state index in [1.807, 2.05) is 46.4 Å². The number of likely N-dealkylation sites (tertiary alicyclic amines) is 2. The molecular formula is C121H229N7O8. The predicted octanol–water partition coefficient (Wildman–Crippen LogP) is 31.4. The van der Waals surface area contributed by atoms with E-state index in [9.17, 15) is 33.6 Å². The van der Waals surface area contributed by atoms with Crippen molar-refractivity contribution >= 4 is 41.5 Å². The maximum atomic E-state index is 12.8. The summed E-state index contributed by atoms with van der Waals surface area (Å²) in [5.74, 6) is 20.9. The summed E-state index contributed by atoms with van der Waals surface area (Å²) in [7, 11) is 1.72. The predicted molar refractivity (Wildman–Crippen MR) is 579 cm³/mol. The van der Waals surface area contributed by atoms with Crippen molar-refractivity contribution in [3.05, 3.63) is 0 Å². The zero-order valence-electron chi connectivity index (χ0n) is 95.0. The van der Waals surface area contributed by atoms with Gasteiger partial charge in [0.15, 0.2) is 0 Å². The van der Waals surface area contributed by atoms with Gasteiger partial charge in [0, 0.05) is 107 Å². The van der Waals surface area contributed by atoms with Gasteiger partial charge in [0.2, 0.25) is 35.4 Å². The molecule has 7 amide bonds. The van der Waals surface area contributed by atoms with E-state index in [2.05, 4.69) is 164 Å². The summed E-state index contributed by atoms with van der Waals surface area (Å²) in [6.07, 6.45) is 66.5. The zero-order chi connectivity index (χ0) is 101. The highest BCUT2D eigenvalue weighted by Crippen LogP contribution is 2.41. The number of ether oxygens (including phenoxy) is 1. The third kappa shape index (κ3) is 53.1. The lowest BCUT2D eigenvalue weighted by Crippen LogP contribution is -2.57. The Labute approximate surface area is 842 Å². The molecule has 136 heavy (non-hydrogen) atoms. The average molecular weight is 1910 g/mol. The molecule has 15 nitrogen and oxygen atoms in total. The Hall–Kier alpha value is -3.91. The molecule has 15 heteroatoms. The fourth-order valence-corrected chi connectivity index (χ4v) is 24.3. The number of hydrogen-bond acceptors (Lipinski definition) is 8. The highest BCUT2D eigenvalue weighted by Gasteiger charge is 2.38. The van der Waals surface area contributed by atoms with Gasteiger partial charge in [0.05, 0.1) is 0 Å². The maximum Gasteiger partial charge on any atom is 0.410 e. The van der Waals surface area contributed by atoms with E-state index in [-0.39, 0.29) is 47.6 Å². The molecular weight excluding hydrogens is 1680 g/mol. The Morgan fingerprint density at radius 1 is 0.338 bits per heavy atom. The Bertz CT molecular complexity index is 3070. The van der Waals surface area contributed by atoms with Gasteiger partial charge in [-0.1, -0.05) is 242 Å². The molecule has 3 aliphatic heterocycles. The van der Waals surface area contributed by atoms with Gasteiger partial charge in [-0.15, -0.1) is 0 Å². The number of amides is 7. The fourth-order valence-electron chi connectivity index (χ4n) is 24.3. The monoisotopic (exact) mass is 1910 g/mol. The summed E-state index contributed by atoms with van der Waals surface area (Å²) in [6, 6.07) is 1.46. The molecule has 10 saturated carbocycles. The smallest absolute Gasteiger partial charge is 0.410 e. The first-order chi connectivity index (χ1) is 64.3. The number of carbonyl (C=O) groups is 7. The summed E-state index contributed by atoms with van der Waals surface area (Å²) >= 11 is 0. The molecule has 13 aliphatic rings. The van der Waals surface area contributed by atoms with Crippen molar-refractivity contribution in [1.29, 1.82) is 0 Å². The summed E-state index contributed by atoms with van der Waals surface area (Å²) < 4.78 is 5.43. The van der Waals surface area contributed by atoms with Gasteiger partial charge in [0.25, 0.3) is 0 Å². The molecule has 0 aromatic carbocycles. The molecule has 796 valence electrons. The Balaban J connectivity index is 0.000000319. The topological polar surface area (TPSA) is 178 Å². The van der Waals surface area contributed by atoms with Crippen molar-refractivity contribution in [2.75, 3.05) is 46.3 Å². The van der Waals surface area contributed by atoms with E-state index in [1.165, 1.54) is 263 Å². The molecule has 3 heterocycles. The Morgan fingerprint density at radius 2 is 0.669 bits per heavy atom. The minimum Gasteiger partial charge on any atom is -0.444 e. The second kappa shape index (κ2) is 68.4. The van der Waals surface area contributed by atoms with E-state index in [0.29, 0.717) is 67.3 Å². The molecule has 0 bridgehead atoms. The van der Waals surface area contributed by atoms with Crippen LogP contribution in [0.2, 0.25) is 0 Å². The highest BCUT2D eigenvalue weighted by atomic mass is 16.6. The molecule has 0 unspecified atom stereocenters. The van der Waals surface area contributed by atoms with Crippen LogP contribution < -0.4 is 16.0 Å². The van der Waals surface area contributed by atoms with E-state index in [4.69, 9.17) is 4.74 Å². The number of hydrogen-bond donors (Lipinski definition) is 3. The van der Waals surface area contributed by atoms with Gasteiger partial charge < -0.3 is 40.3 Å². The SMILES string of the molecule is CC(=O)NC1CCC(C)CC1.CC(C)CCC1CCC(C)CC1.CC(C)C[C@@H](C)C1CCC(C)CC1.CC(C)C[C@H](C)C1CCC(C)CC1.CC1CCC(C(=O)N2CCCCC2)CC1.CC1CCC(C(=O)N2CCCC[C@H]2C)CC1.CC1CCC(C(=O)N2CCN(C(=O)OC(C)(C)C)C[C@H]2C)CC1.CC1CCC(NC(=O)C(C)C)CC1.CCC1CCC(C)CC1.CNC(=O)C1CCC(C)CC1. The molecule has 0 aromatic rings. The van der Waals surface area contributed by atoms with Crippen LogP contribution in [0.4, 0.5) is 4.79 Å². The molecule has 0 aromatic heterocycles. The van der Waals surface area contributed by atoms with Gasteiger partial charge in [0.1, 0.15) is 5.60 Å². The quantitative estimate of drug-likeness (QED) is 0.129. The van der Waals surface area contributed by atoms with Crippen molar-refractivity contribution in [3.63, 3.8) is 0 Å². The van der Waals surface area contributed by atoms with E-state index < -0.39 is 5.60 Å². The lowest BCUT2D eigenvalue weighted by atomic mass is 9.75. The minimum atomic E-state index is -0.480. The highest BCUT2D eigenvalue weighted by molar-refractivity contribution is 5.81. The molecule has 3 saturated heterocycles. The number of rotatable bonds is 17. The fraction of sp³-hybridized carbons (Fsp3) is 0.942. The van der Waals surface area contributed by atoms with Gasteiger partial charge in [-0.3, -0.25) is 28.8 Å². The van der Waals surface area contributed by atoms with Gasteiger partial charge in [-0.05, 0) is 378 Å². The third-order valence-electron chi connectivity index (χ3n) is 34.8. The maximum absolute atomic E-state index is 12.8. The van der Waals surface area contributed by atoms with Crippen LogP contribution in [0.25, 0.3) is 0 Å². The Kier molecular flexibility index (Phi) is 62.6. The minimum absolute atomic E-state index is 0.0584. The van der Waals surface area contributed by atoms with Crippen LogP contribution in [0.5, 0.6) is 0 Å². The molecule has 4 atom stereocenters. The molecule has 13 fully saturated rings. The molecule has 0 spiro atoms. The Morgan fingerprint density at radius 3 is 1.00 bits per heavy atom. The van der Waals surface area contributed by atoms with Crippen LogP contribution in [0.1, 0.15) is 514 Å².